The van der Waals surface area contributed by atoms with Crippen LogP contribution in [-0.4, -0.2) is 59.8 Å². The highest BCUT2D eigenvalue weighted by molar-refractivity contribution is 5.80. The van der Waals surface area contributed by atoms with Gasteiger partial charge < -0.3 is 19.7 Å². The number of hydrogen-bond acceptors (Lipinski definition) is 7. The number of ether oxygens (including phenoxy) is 2. The van der Waals surface area contributed by atoms with Gasteiger partial charge in [-0.25, -0.2) is 4.39 Å². The van der Waals surface area contributed by atoms with Gasteiger partial charge in [-0.1, -0.05) is 12.1 Å². The molecule has 7 nitrogen and oxygen atoms in total. The average molecular weight is 369 g/mol. The SMILES string of the molecule is CCOC(=O)C1C(c2ccc(F)cc2)C(C(=O)OCC)C(O)N(C)C1O. The van der Waals surface area contributed by atoms with Crippen LogP contribution in [0.3, 0.4) is 0 Å². The molecule has 0 saturated carbocycles. The van der Waals surface area contributed by atoms with Crippen LogP contribution in [0.5, 0.6) is 0 Å². The molecule has 1 aromatic carbocycles. The molecule has 2 rings (SSSR count). The molecule has 4 unspecified atom stereocenters. The molecule has 8 heteroatoms. The van der Waals surface area contributed by atoms with Gasteiger partial charge in [0.1, 0.15) is 30.1 Å². The lowest BCUT2D eigenvalue weighted by molar-refractivity contribution is -0.206. The Balaban J connectivity index is 2.56. The van der Waals surface area contributed by atoms with E-state index in [9.17, 15) is 24.2 Å². The molecule has 0 amide bonds. The van der Waals surface area contributed by atoms with Crippen LogP contribution in [0.2, 0.25) is 0 Å². The highest BCUT2D eigenvalue weighted by Gasteiger charge is 2.54. The summed E-state index contributed by atoms with van der Waals surface area (Å²) < 4.78 is 23.5. The molecule has 1 aliphatic rings. The average Bonchev–Trinajstić information content (AvgIpc) is 2.60. The van der Waals surface area contributed by atoms with Crippen LogP contribution in [0, 0.1) is 17.7 Å². The molecule has 1 aromatic rings. The Morgan fingerprint density at radius 2 is 1.42 bits per heavy atom. The summed E-state index contributed by atoms with van der Waals surface area (Å²) in [6, 6.07) is 5.22. The minimum atomic E-state index is -1.38. The minimum absolute atomic E-state index is 0.0918. The highest BCUT2D eigenvalue weighted by Crippen LogP contribution is 2.43. The first-order valence-corrected chi connectivity index (χ1v) is 8.50. The van der Waals surface area contributed by atoms with Crippen molar-refractivity contribution in [1.29, 1.82) is 0 Å². The predicted molar refractivity (Wildman–Crippen MR) is 89.2 cm³/mol. The van der Waals surface area contributed by atoms with Gasteiger partial charge in [-0.15, -0.1) is 0 Å². The molecule has 0 aromatic heterocycles. The molecule has 0 bridgehead atoms. The second-order valence-corrected chi connectivity index (χ2v) is 6.13. The summed E-state index contributed by atoms with van der Waals surface area (Å²) in [6.07, 6.45) is -2.77. The standard InChI is InChI=1S/C18H24FNO6/c1-4-25-17(23)13-12(10-6-8-11(19)9-7-10)14(18(24)26-5-2)16(22)20(3)15(13)21/h6-9,12-16,21-22H,4-5H2,1-3H3. The predicted octanol–water partition coefficient (Wildman–Crippen LogP) is 0.850. The molecule has 0 aliphatic carbocycles. The van der Waals surface area contributed by atoms with Crippen LogP contribution in [0.25, 0.3) is 0 Å². The van der Waals surface area contributed by atoms with E-state index in [4.69, 9.17) is 9.47 Å². The molecular formula is C18H24FNO6. The molecule has 2 N–H and O–H groups in total. The number of esters is 2. The van der Waals surface area contributed by atoms with Crippen molar-refractivity contribution < 1.29 is 33.7 Å². The third-order valence-electron chi connectivity index (χ3n) is 4.62. The molecule has 1 saturated heterocycles. The van der Waals surface area contributed by atoms with Crippen LogP contribution in [0.15, 0.2) is 24.3 Å². The van der Waals surface area contributed by atoms with Gasteiger partial charge in [0, 0.05) is 5.92 Å². The van der Waals surface area contributed by atoms with Crippen molar-refractivity contribution in [2.75, 3.05) is 20.3 Å². The van der Waals surface area contributed by atoms with Crippen LogP contribution >= 0.6 is 0 Å². The van der Waals surface area contributed by atoms with Crippen LogP contribution in [0.1, 0.15) is 25.3 Å². The van der Waals surface area contributed by atoms with E-state index in [0.29, 0.717) is 5.56 Å². The van der Waals surface area contributed by atoms with E-state index >= 15 is 0 Å². The van der Waals surface area contributed by atoms with Gasteiger partial charge in [0.2, 0.25) is 0 Å². The summed E-state index contributed by atoms with van der Waals surface area (Å²) in [5.41, 5.74) is 0.425. The van der Waals surface area contributed by atoms with Crippen molar-refractivity contribution in [3.05, 3.63) is 35.6 Å². The lowest BCUT2D eigenvalue weighted by Gasteiger charge is -2.46. The van der Waals surface area contributed by atoms with Crippen LogP contribution in [-0.2, 0) is 19.1 Å². The Morgan fingerprint density at radius 1 is 1.00 bits per heavy atom. The van der Waals surface area contributed by atoms with E-state index < -0.39 is 48.0 Å². The molecule has 26 heavy (non-hydrogen) atoms. The topological polar surface area (TPSA) is 96.3 Å². The first-order valence-electron chi connectivity index (χ1n) is 8.50. The van der Waals surface area contributed by atoms with E-state index in [1.54, 1.807) is 13.8 Å². The Morgan fingerprint density at radius 3 is 1.81 bits per heavy atom. The molecule has 0 spiro atoms. The quantitative estimate of drug-likeness (QED) is 0.743. The number of nitrogens with zero attached hydrogens (tertiary/aromatic N) is 1. The van der Waals surface area contributed by atoms with Gasteiger partial charge in [0.05, 0.1) is 13.2 Å². The van der Waals surface area contributed by atoms with Gasteiger partial charge in [-0.3, -0.25) is 14.5 Å². The zero-order valence-corrected chi connectivity index (χ0v) is 15.0. The summed E-state index contributed by atoms with van der Waals surface area (Å²) >= 11 is 0. The van der Waals surface area contributed by atoms with Crippen molar-refractivity contribution in [2.24, 2.45) is 11.8 Å². The fourth-order valence-corrected chi connectivity index (χ4v) is 3.37. The lowest BCUT2D eigenvalue weighted by Crippen LogP contribution is -2.60. The summed E-state index contributed by atoms with van der Waals surface area (Å²) in [4.78, 5) is 26.2. The maximum Gasteiger partial charge on any atom is 0.313 e. The number of carbonyl (C=O) groups is 2. The lowest BCUT2D eigenvalue weighted by atomic mass is 9.71. The summed E-state index contributed by atoms with van der Waals surface area (Å²) in [7, 11) is 1.40. The number of hydrogen-bond donors (Lipinski definition) is 2. The van der Waals surface area contributed by atoms with E-state index in [1.807, 2.05) is 0 Å². The third kappa shape index (κ3) is 3.87. The molecule has 1 heterocycles. The molecule has 1 fully saturated rings. The third-order valence-corrected chi connectivity index (χ3v) is 4.62. The van der Waals surface area contributed by atoms with E-state index in [-0.39, 0.29) is 13.2 Å². The monoisotopic (exact) mass is 369 g/mol. The first-order chi connectivity index (χ1) is 12.3. The fourth-order valence-electron chi connectivity index (χ4n) is 3.37. The first kappa shape index (κ1) is 20.3. The number of likely N-dealkylation sites (tertiary alicyclic amines) is 1. The Bertz CT molecular complexity index is 605. The normalized spacial score (nSPS) is 29.2. The van der Waals surface area contributed by atoms with Crippen molar-refractivity contribution >= 4 is 11.9 Å². The molecule has 144 valence electrons. The van der Waals surface area contributed by atoms with Crippen molar-refractivity contribution in [2.45, 2.75) is 32.2 Å². The summed E-state index contributed by atoms with van der Waals surface area (Å²) in [5, 5.41) is 21.1. The molecular weight excluding hydrogens is 345 g/mol. The molecule has 4 atom stereocenters. The highest BCUT2D eigenvalue weighted by atomic mass is 19.1. The largest absolute Gasteiger partial charge is 0.466 e. The summed E-state index contributed by atoms with van der Waals surface area (Å²) in [5.74, 6) is -5.13. The maximum atomic E-state index is 13.3. The van der Waals surface area contributed by atoms with Gasteiger partial charge in [-0.2, -0.15) is 0 Å². The number of aliphatic hydroxyl groups is 2. The second-order valence-electron chi connectivity index (χ2n) is 6.13. The van der Waals surface area contributed by atoms with Gasteiger partial charge in [-0.05, 0) is 38.6 Å². The van der Waals surface area contributed by atoms with Crippen molar-refractivity contribution in [3.8, 4) is 0 Å². The Kier molecular flexibility index (Phi) is 6.69. The van der Waals surface area contributed by atoms with Gasteiger partial charge >= 0.3 is 11.9 Å². The van der Waals surface area contributed by atoms with E-state index in [0.717, 1.165) is 4.90 Å². The molecule has 0 radical (unpaired) electrons. The van der Waals surface area contributed by atoms with Gasteiger partial charge in [0.25, 0.3) is 0 Å². The smallest absolute Gasteiger partial charge is 0.313 e. The minimum Gasteiger partial charge on any atom is -0.466 e. The number of aliphatic hydroxyl groups excluding tert-OH is 2. The van der Waals surface area contributed by atoms with Crippen LogP contribution in [0.4, 0.5) is 4.39 Å². The van der Waals surface area contributed by atoms with Crippen LogP contribution < -0.4 is 0 Å². The van der Waals surface area contributed by atoms with Crippen molar-refractivity contribution in [1.82, 2.24) is 4.90 Å². The van der Waals surface area contributed by atoms with E-state index in [2.05, 4.69) is 0 Å². The van der Waals surface area contributed by atoms with Crippen molar-refractivity contribution in [3.63, 3.8) is 0 Å². The maximum absolute atomic E-state index is 13.3. The number of carbonyl (C=O) groups excluding carboxylic acids is 2. The summed E-state index contributed by atoms with van der Waals surface area (Å²) in [6.45, 7) is 3.44. The fraction of sp³-hybridized carbons (Fsp3) is 0.556. The zero-order valence-electron chi connectivity index (χ0n) is 15.0. The second kappa shape index (κ2) is 8.57. The number of rotatable bonds is 5. The number of halogens is 1. The van der Waals surface area contributed by atoms with Gasteiger partial charge in [0.15, 0.2) is 0 Å². The zero-order chi connectivity index (χ0) is 19.4. The number of benzene rings is 1. The molecule has 1 aliphatic heterocycles. The Labute approximate surface area is 151 Å². The van der Waals surface area contributed by atoms with E-state index in [1.165, 1.54) is 31.3 Å². The Hall–Kier alpha value is -2.03. The number of piperidine rings is 1.